The van der Waals surface area contributed by atoms with E-state index in [0.29, 0.717) is 5.75 Å². The van der Waals surface area contributed by atoms with Gasteiger partial charge in [0.25, 0.3) is 17.4 Å². The van der Waals surface area contributed by atoms with E-state index in [4.69, 9.17) is 37.6 Å². The van der Waals surface area contributed by atoms with Gasteiger partial charge in [-0.3, -0.25) is 28.4 Å². The Labute approximate surface area is 349 Å². The van der Waals surface area contributed by atoms with Gasteiger partial charge in [-0.1, -0.05) is 45.0 Å². The summed E-state index contributed by atoms with van der Waals surface area (Å²) in [5.41, 5.74) is 0.102. The molecule has 5 aliphatic rings. The highest BCUT2D eigenvalue weighted by Crippen LogP contribution is 2.48. The second-order valence-corrected chi connectivity index (χ2v) is 23.4. The van der Waals surface area contributed by atoms with Crippen LogP contribution in [0.2, 0.25) is 18.1 Å². The number of methoxy groups -OCH3 is 1. The van der Waals surface area contributed by atoms with E-state index in [-0.39, 0.29) is 29.1 Å². The number of fused-ring (bicyclic) bond motifs is 3. The van der Waals surface area contributed by atoms with Gasteiger partial charge in [-0.15, -0.1) is 0 Å². The van der Waals surface area contributed by atoms with Gasteiger partial charge in [0.15, 0.2) is 32.4 Å². The van der Waals surface area contributed by atoms with Gasteiger partial charge in [0, 0.05) is 18.7 Å². The molecule has 324 valence electrons. The number of aliphatic hydroxyl groups is 1. The first kappa shape index (κ1) is 42.6. The summed E-state index contributed by atoms with van der Waals surface area (Å²) in [6.45, 7) is 17.6. The fraction of sp³-hybridized carbons (Fsp3) is 0.581. The number of imide groups is 1. The number of nitrogens with zero attached hydrogens (tertiary/aromatic N) is 3. The summed E-state index contributed by atoms with van der Waals surface area (Å²) < 4.78 is 54.2. The van der Waals surface area contributed by atoms with Crippen LogP contribution in [0.3, 0.4) is 0 Å². The molecule has 60 heavy (non-hydrogen) atoms. The van der Waals surface area contributed by atoms with Crippen molar-refractivity contribution >= 4 is 20.1 Å². The Bertz CT molecular complexity index is 2230. The molecule has 1 aromatic heterocycles. The van der Waals surface area contributed by atoms with Crippen LogP contribution in [0.25, 0.3) is 0 Å². The molecule has 2 aromatic carbocycles. The zero-order valence-corrected chi connectivity index (χ0v) is 36.6. The molecule has 0 radical (unpaired) electrons. The average Bonchev–Trinajstić information content (AvgIpc) is 3.86. The van der Waals surface area contributed by atoms with E-state index in [1.54, 1.807) is 83.3 Å². The predicted molar refractivity (Wildman–Crippen MR) is 217 cm³/mol. The van der Waals surface area contributed by atoms with E-state index in [0.717, 1.165) is 15.0 Å². The molecule has 17 heteroatoms. The largest absolute Gasteiger partial charge is 0.497 e. The predicted octanol–water partition coefficient (Wildman–Crippen LogP) is 4.17. The number of ether oxygens (including phenoxy) is 7. The molecule has 3 aromatic rings. The number of carbonyl (C=O) groups is 2. The molecular weight excluding hydrogens is 795 g/mol. The number of aliphatic hydroxyl groups excluding tert-OH is 1. The Morgan fingerprint density at radius 1 is 0.800 bits per heavy atom. The Hall–Kier alpha value is -4.04. The Kier molecular flexibility index (Phi) is 10.7. The molecule has 4 fully saturated rings. The van der Waals surface area contributed by atoms with Crippen molar-refractivity contribution in [1.82, 2.24) is 14.0 Å². The number of amides is 2. The summed E-state index contributed by atoms with van der Waals surface area (Å²) in [7, 11) is -1.07. The van der Waals surface area contributed by atoms with Gasteiger partial charge in [-0.2, -0.15) is 0 Å². The second kappa shape index (κ2) is 15.1. The van der Waals surface area contributed by atoms with Gasteiger partial charge in [0.1, 0.15) is 42.3 Å². The quantitative estimate of drug-likeness (QED) is 0.228. The van der Waals surface area contributed by atoms with Gasteiger partial charge >= 0.3 is 5.69 Å². The average molecular weight is 850 g/mol. The summed E-state index contributed by atoms with van der Waals surface area (Å²) in [5.74, 6) is -2.72. The van der Waals surface area contributed by atoms with Crippen molar-refractivity contribution in [3.05, 3.63) is 98.3 Å². The van der Waals surface area contributed by atoms with Crippen LogP contribution >= 0.6 is 0 Å². The Morgan fingerprint density at radius 3 is 1.98 bits per heavy atom. The van der Waals surface area contributed by atoms with Crippen LogP contribution in [0.4, 0.5) is 0 Å². The van der Waals surface area contributed by atoms with E-state index in [1.807, 2.05) is 0 Å². The zero-order chi connectivity index (χ0) is 43.3. The monoisotopic (exact) mass is 849 g/mol. The molecule has 2 amide bonds. The molecule has 0 aliphatic carbocycles. The molecule has 5 aliphatic heterocycles. The van der Waals surface area contributed by atoms with Crippen LogP contribution in [0.1, 0.15) is 87.4 Å². The minimum atomic E-state index is -2.63. The lowest BCUT2D eigenvalue weighted by atomic mass is 9.90. The molecule has 0 saturated carbocycles. The maximum absolute atomic E-state index is 14.3. The highest BCUT2D eigenvalue weighted by atomic mass is 28.4. The Balaban J connectivity index is 1.14. The summed E-state index contributed by atoms with van der Waals surface area (Å²) in [6, 6.07) is 13.7. The van der Waals surface area contributed by atoms with E-state index in [1.165, 1.54) is 16.8 Å². The fourth-order valence-electron chi connectivity index (χ4n) is 8.76. The first-order valence-corrected chi connectivity index (χ1v) is 23.3. The van der Waals surface area contributed by atoms with E-state index in [2.05, 4.69) is 33.9 Å². The third-order valence-corrected chi connectivity index (χ3v) is 17.1. The molecule has 16 nitrogen and oxygen atoms in total. The molecule has 0 spiro atoms. The minimum Gasteiger partial charge on any atom is -0.497 e. The van der Waals surface area contributed by atoms with Gasteiger partial charge in [0.2, 0.25) is 0 Å². The molecule has 8 rings (SSSR count). The standard InChI is InChI=1S/C43H55N3O13Si/c1-41(2,3)60(9,10)59-28(21-27-32-33(56-42(4,5)55-32)30(39(50)53-27)46-36(48)25-13-11-12-14-26(25)37(46)49)31-34-35(58-43(6,7)57-34)38(54-31)44-20-19-29(47)45(40(44)51)22-23-15-17-24(52-8)18-16-23/h11-20,27-28,30-35,38-39,50H,21-22H2,1-10H3/t27-,28+,30-,31-,32+,33-,34-,35-,38-,39-/m1/s1. The molecular formula is C43H55N3O13Si. The smallest absolute Gasteiger partial charge is 0.333 e. The van der Waals surface area contributed by atoms with Crippen molar-refractivity contribution in [2.45, 2.75) is 152 Å². The third-order valence-electron chi connectivity index (χ3n) is 12.6. The number of rotatable bonds is 10. The number of benzene rings is 2. The van der Waals surface area contributed by atoms with Crippen molar-refractivity contribution in [1.29, 1.82) is 0 Å². The summed E-state index contributed by atoms with van der Waals surface area (Å²) >= 11 is 0. The van der Waals surface area contributed by atoms with Gasteiger partial charge in [-0.05, 0) is 75.7 Å². The van der Waals surface area contributed by atoms with E-state index >= 15 is 0 Å². The summed E-state index contributed by atoms with van der Waals surface area (Å²) in [4.78, 5) is 55.9. The number of hydrogen-bond acceptors (Lipinski definition) is 13. The van der Waals surface area contributed by atoms with Crippen LogP contribution in [-0.2, 0) is 39.4 Å². The van der Waals surface area contributed by atoms with Crippen LogP contribution < -0.4 is 16.0 Å². The van der Waals surface area contributed by atoms with Crippen LogP contribution in [0.15, 0.2) is 70.4 Å². The number of carbonyl (C=O) groups excluding carboxylic acids is 2. The lowest BCUT2D eigenvalue weighted by Gasteiger charge is -2.46. The van der Waals surface area contributed by atoms with E-state index < -0.39 is 104 Å². The van der Waals surface area contributed by atoms with Gasteiger partial charge in [-0.25, -0.2) is 4.79 Å². The van der Waals surface area contributed by atoms with Crippen molar-refractivity contribution in [2.24, 2.45) is 0 Å². The molecule has 6 heterocycles. The van der Waals surface area contributed by atoms with Crippen LogP contribution in [0.5, 0.6) is 5.75 Å². The molecule has 1 N–H and O–H groups in total. The van der Waals surface area contributed by atoms with Gasteiger partial charge < -0.3 is 42.7 Å². The molecule has 0 bridgehead atoms. The van der Waals surface area contributed by atoms with Crippen LogP contribution in [0, 0.1) is 0 Å². The first-order chi connectivity index (χ1) is 28.1. The van der Waals surface area contributed by atoms with E-state index in [9.17, 15) is 24.3 Å². The molecule has 0 unspecified atom stereocenters. The van der Waals surface area contributed by atoms with Crippen molar-refractivity contribution in [2.75, 3.05) is 7.11 Å². The van der Waals surface area contributed by atoms with Crippen molar-refractivity contribution in [3.63, 3.8) is 0 Å². The molecule has 4 saturated heterocycles. The normalized spacial score (nSPS) is 31.2. The molecule has 10 atom stereocenters. The number of hydrogen-bond donors (Lipinski definition) is 1. The SMILES string of the molecule is COc1ccc(Cn2c(=O)ccn([C@@H]3O[C@H]([C@H](C[C@H]4O[C@@H](O)[C@H](N5C(=O)c6ccccc6C5=O)[C@H]5OC(C)(C)O[C@H]54)O[Si](C)(C)C(C)(C)C)[C@H]4OC(C)(C)O[C@H]43)c2=O)cc1. The lowest BCUT2D eigenvalue weighted by molar-refractivity contribution is -0.245. The maximum atomic E-state index is 14.3. The zero-order valence-electron chi connectivity index (χ0n) is 35.6. The maximum Gasteiger partial charge on any atom is 0.333 e. The highest BCUT2D eigenvalue weighted by molar-refractivity contribution is 6.74. The van der Waals surface area contributed by atoms with Crippen LogP contribution in [-0.4, -0.2) is 113 Å². The third kappa shape index (κ3) is 7.51. The summed E-state index contributed by atoms with van der Waals surface area (Å²) in [5, 5.41) is 11.5. The lowest BCUT2D eigenvalue weighted by Crippen LogP contribution is -2.64. The topological polar surface area (TPSA) is 175 Å². The first-order valence-electron chi connectivity index (χ1n) is 20.4. The summed E-state index contributed by atoms with van der Waals surface area (Å²) in [6.07, 6.45) is -7.09. The fourth-order valence-corrected chi connectivity index (χ4v) is 10.1. The number of aromatic nitrogens is 2. The van der Waals surface area contributed by atoms with Crippen molar-refractivity contribution in [3.8, 4) is 5.75 Å². The highest BCUT2D eigenvalue weighted by Gasteiger charge is 2.63. The minimum absolute atomic E-state index is 0.0106. The Morgan fingerprint density at radius 2 is 1.38 bits per heavy atom. The van der Waals surface area contributed by atoms with Crippen molar-refractivity contribution < 1.29 is 52.3 Å². The second-order valence-electron chi connectivity index (χ2n) is 18.6. The van der Waals surface area contributed by atoms with Gasteiger partial charge in [0.05, 0.1) is 37.0 Å².